The number of halogens is 2. The van der Waals surface area contributed by atoms with Crippen molar-refractivity contribution >= 4 is 44.7 Å². The van der Waals surface area contributed by atoms with Crippen molar-refractivity contribution in [3.63, 3.8) is 0 Å². The van der Waals surface area contributed by atoms with Gasteiger partial charge in [0, 0.05) is 36.9 Å². The summed E-state index contributed by atoms with van der Waals surface area (Å²) >= 11 is 7.45. The summed E-state index contributed by atoms with van der Waals surface area (Å²) in [5, 5.41) is 3.89. The van der Waals surface area contributed by atoms with E-state index < -0.39 is 0 Å². The van der Waals surface area contributed by atoms with Crippen LogP contribution in [0.15, 0.2) is 36.5 Å². The minimum absolute atomic E-state index is 0.273. The summed E-state index contributed by atoms with van der Waals surface area (Å²) in [6, 6.07) is 8.06. The number of carbonyl (C=O) groups is 1. The Hall–Kier alpha value is -2.18. The molecule has 24 heavy (non-hydrogen) atoms. The number of nitrogens with zero attached hydrogens (tertiary/aromatic N) is 2. The van der Waals surface area contributed by atoms with Crippen molar-refractivity contribution in [3.8, 4) is 0 Å². The van der Waals surface area contributed by atoms with Gasteiger partial charge in [0.05, 0.1) is 5.02 Å². The molecule has 2 aromatic heterocycles. The number of nitrogens with one attached hydrogen (secondary N) is 1. The number of thiophene rings is 1. The van der Waals surface area contributed by atoms with E-state index in [9.17, 15) is 9.18 Å². The molecule has 0 saturated carbocycles. The third-order valence-electron chi connectivity index (χ3n) is 3.52. The zero-order valence-corrected chi connectivity index (χ0v) is 14.7. The molecular weight excluding hydrogens is 349 g/mol. The topological polar surface area (TPSA) is 45.2 Å². The number of anilines is 1. The lowest BCUT2D eigenvalue weighted by atomic mass is 10.2. The number of fused-ring (bicyclic) bond motifs is 1. The summed E-state index contributed by atoms with van der Waals surface area (Å²) in [4.78, 5) is 18.9. The summed E-state index contributed by atoms with van der Waals surface area (Å²) in [7, 11) is 3.81. The van der Waals surface area contributed by atoms with E-state index in [1.165, 1.54) is 23.5 Å². The highest BCUT2D eigenvalue weighted by Crippen LogP contribution is 2.35. The molecule has 1 aromatic carbocycles. The van der Waals surface area contributed by atoms with Gasteiger partial charge < -0.3 is 10.2 Å². The Bertz CT molecular complexity index is 910. The smallest absolute Gasteiger partial charge is 0.263 e. The Labute approximate surface area is 147 Å². The minimum Gasteiger partial charge on any atom is -0.363 e. The first-order valence-corrected chi connectivity index (χ1v) is 8.43. The van der Waals surface area contributed by atoms with E-state index >= 15 is 0 Å². The second-order valence-corrected chi connectivity index (χ2v) is 6.92. The Kier molecular flexibility index (Phi) is 4.69. The zero-order valence-electron chi connectivity index (χ0n) is 13.1. The number of pyridine rings is 1. The molecule has 7 heteroatoms. The van der Waals surface area contributed by atoms with Crippen LogP contribution >= 0.6 is 22.9 Å². The van der Waals surface area contributed by atoms with Gasteiger partial charge in [0.2, 0.25) is 0 Å². The molecule has 124 valence electrons. The maximum atomic E-state index is 13.3. The summed E-state index contributed by atoms with van der Waals surface area (Å²) in [6.07, 6.45) is 1.70. The fourth-order valence-corrected chi connectivity index (χ4v) is 3.72. The summed E-state index contributed by atoms with van der Waals surface area (Å²) < 4.78 is 14.0. The van der Waals surface area contributed by atoms with E-state index in [0.717, 1.165) is 11.4 Å². The molecule has 0 saturated heterocycles. The molecule has 0 aliphatic heterocycles. The molecule has 0 bridgehead atoms. The third-order valence-corrected chi connectivity index (χ3v) is 5.17. The predicted molar refractivity (Wildman–Crippen MR) is 96.5 cm³/mol. The molecule has 1 amide bonds. The molecule has 2 heterocycles. The summed E-state index contributed by atoms with van der Waals surface area (Å²) in [5.74, 6) is 0.197. The maximum absolute atomic E-state index is 13.3. The Balaban J connectivity index is 1.78. The average Bonchev–Trinajstić information content (AvgIpc) is 2.89. The molecule has 4 nitrogen and oxygen atoms in total. The lowest BCUT2D eigenvalue weighted by Gasteiger charge is -2.12. The highest BCUT2D eigenvalue weighted by molar-refractivity contribution is 7.21. The fourth-order valence-electron chi connectivity index (χ4n) is 2.26. The van der Waals surface area contributed by atoms with Gasteiger partial charge in [-0.1, -0.05) is 11.6 Å². The monoisotopic (exact) mass is 363 g/mol. The summed E-state index contributed by atoms with van der Waals surface area (Å²) in [5.41, 5.74) is 0.935. The maximum Gasteiger partial charge on any atom is 0.263 e. The fraction of sp³-hybridized carbons (Fsp3) is 0.176. The van der Waals surface area contributed by atoms with Crippen LogP contribution in [-0.2, 0) is 6.54 Å². The van der Waals surface area contributed by atoms with Crippen molar-refractivity contribution in [2.45, 2.75) is 6.54 Å². The summed E-state index contributed by atoms with van der Waals surface area (Å²) in [6.45, 7) is 0.362. The Morgan fingerprint density at radius 2 is 2.12 bits per heavy atom. The predicted octanol–water partition coefficient (Wildman–Crippen LogP) is 4.08. The van der Waals surface area contributed by atoms with E-state index in [1.54, 1.807) is 12.3 Å². The quantitative estimate of drug-likeness (QED) is 0.759. The number of hydrogen-bond donors (Lipinski definition) is 1. The normalized spacial score (nSPS) is 10.8. The van der Waals surface area contributed by atoms with E-state index in [-0.39, 0.29) is 11.7 Å². The lowest BCUT2D eigenvalue weighted by molar-refractivity contribution is 0.0955. The molecule has 0 aliphatic carbocycles. The number of hydrogen-bond acceptors (Lipinski definition) is 4. The van der Waals surface area contributed by atoms with E-state index in [1.807, 2.05) is 31.1 Å². The highest BCUT2D eigenvalue weighted by atomic mass is 35.5. The van der Waals surface area contributed by atoms with Gasteiger partial charge in [-0.2, -0.15) is 0 Å². The van der Waals surface area contributed by atoms with Gasteiger partial charge in [0.25, 0.3) is 5.91 Å². The van der Waals surface area contributed by atoms with Crippen molar-refractivity contribution < 1.29 is 9.18 Å². The van der Waals surface area contributed by atoms with Crippen LogP contribution in [0.3, 0.4) is 0 Å². The number of rotatable bonds is 4. The van der Waals surface area contributed by atoms with Crippen molar-refractivity contribution in [2.24, 2.45) is 0 Å². The molecule has 0 radical (unpaired) electrons. The molecule has 0 spiro atoms. The van der Waals surface area contributed by atoms with E-state index in [4.69, 9.17) is 11.6 Å². The number of aromatic nitrogens is 1. The van der Waals surface area contributed by atoms with Crippen LogP contribution in [-0.4, -0.2) is 25.0 Å². The average molecular weight is 364 g/mol. The van der Waals surface area contributed by atoms with Crippen LogP contribution < -0.4 is 10.2 Å². The first kappa shape index (κ1) is 16.7. The van der Waals surface area contributed by atoms with Crippen molar-refractivity contribution in [1.82, 2.24) is 10.3 Å². The lowest BCUT2D eigenvalue weighted by Crippen LogP contribution is -2.22. The SMILES string of the molecule is CN(C)c1cc(CNC(=O)c2sc3cc(F)ccc3c2Cl)ccn1. The molecule has 3 aromatic rings. The molecular formula is C17H15ClFN3OS. The first-order valence-electron chi connectivity index (χ1n) is 7.23. The number of carbonyl (C=O) groups excluding carboxylic acids is 1. The van der Waals surface area contributed by atoms with Crippen molar-refractivity contribution in [1.29, 1.82) is 0 Å². The van der Waals surface area contributed by atoms with Crippen LogP contribution in [0.5, 0.6) is 0 Å². The van der Waals surface area contributed by atoms with Gasteiger partial charge in [0.15, 0.2) is 0 Å². The zero-order chi connectivity index (χ0) is 17.3. The molecule has 0 fully saturated rings. The van der Waals surface area contributed by atoms with Gasteiger partial charge >= 0.3 is 0 Å². The van der Waals surface area contributed by atoms with E-state index in [2.05, 4.69) is 10.3 Å². The molecule has 3 rings (SSSR count). The minimum atomic E-state index is -0.347. The van der Waals surface area contributed by atoms with Gasteiger partial charge in [-0.25, -0.2) is 9.37 Å². The van der Waals surface area contributed by atoms with Crippen molar-refractivity contribution in [3.05, 3.63) is 57.8 Å². The molecule has 1 N–H and O–H groups in total. The van der Waals surface area contributed by atoms with Crippen LogP contribution in [0.4, 0.5) is 10.2 Å². The van der Waals surface area contributed by atoms with Gasteiger partial charge in [-0.15, -0.1) is 11.3 Å². The third kappa shape index (κ3) is 3.34. The van der Waals surface area contributed by atoms with Crippen LogP contribution in [0.1, 0.15) is 15.2 Å². The van der Waals surface area contributed by atoms with E-state index in [0.29, 0.717) is 26.5 Å². The molecule has 0 unspecified atom stereocenters. The number of benzene rings is 1. The van der Waals surface area contributed by atoms with Crippen LogP contribution in [0.25, 0.3) is 10.1 Å². The van der Waals surface area contributed by atoms with Crippen LogP contribution in [0, 0.1) is 5.82 Å². The Morgan fingerprint density at radius 1 is 1.33 bits per heavy atom. The van der Waals surface area contributed by atoms with Crippen LogP contribution in [0.2, 0.25) is 5.02 Å². The largest absolute Gasteiger partial charge is 0.363 e. The second-order valence-electron chi connectivity index (χ2n) is 5.49. The molecule has 0 aliphatic rings. The van der Waals surface area contributed by atoms with Crippen molar-refractivity contribution in [2.75, 3.05) is 19.0 Å². The molecule has 0 atom stereocenters. The Morgan fingerprint density at radius 3 is 2.88 bits per heavy atom. The van der Waals surface area contributed by atoms with Gasteiger partial charge in [-0.3, -0.25) is 4.79 Å². The number of amides is 1. The first-order chi connectivity index (χ1) is 11.5. The van der Waals surface area contributed by atoms with Gasteiger partial charge in [-0.05, 0) is 35.9 Å². The van der Waals surface area contributed by atoms with Gasteiger partial charge in [0.1, 0.15) is 16.5 Å². The highest BCUT2D eigenvalue weighted by Gasteiger charge is 2.17. The second kappa shape index (κ2) is 6.75. The standard InChI is InChI=1S/C17H15ClFN3OS/c1-22(2)14-7-10(5-6-20-14)9-21-17(23)16-15(18)12-4-3-11(19)8-13(12)24-16/h3-8H,9H2,1-2H3,(H,21,23).